The van der Waals surface area contributed by atoms with Gasteiger partial charge in [0, 0.05) is 10.6 Å². The molecule has 0 aliphatic heterocycles. The van der Waals surface area contributed by atoms with Gasteiger partial charge in [0.25, 0.3) is 0 Å². The lowest BCUT2D eigenvalue weighted by Crippen LogP contribution is -2.08. The number of halogens is 1. The topological polar surface area (TPSA) is 29.5 Å². The van der Waals surface area contributed by atoms with Crippen LogP contribution in [0.15, 0.2) is 24.3 Å². The first-order chi connectivity index (χ1) is 9.86. The van der Waals surface area contributed by atoms with E-state index in [1.165, 1.54) is 11.1 Å². The third-order valence-corrected chi connectivity index (χ3v) is 4.42. The molecule has 0 radical (unpaired) electrons. The second-order valence-corrected chi connectivity index (χ2v) is 5.90. The largest absolute Gasteiger partial charge is 0.496 e. The summed E-state index contributed by atoms with van der Waals surface area (Å²) >= 11 is 6.00. The predicted molar refractivity (Wildman–Crippen MR) is 87.5 cm³/mol. The fourth-order valence-corrected chi connectivity index (χ4v) is 2.89. The van der Waals surface area contributed by atoms with E-state index in [-0.39, 0.29) is 0 Å². The van der Waals surface area contributed by atoms with Crippen LogP contribution in [0.4, 0.5) is 0 Å². The van der Waals surface area contributed by atoms with Gasteiger partial charge in [-0.15, -0.1) is 0 Å². The highest BCUT2D eigenvalue weighted by molar-refractivity contribution is 6.30. The Hall–Kier alpha value is -1.51. The summed E-state index contributed by atoms with van der Waals surface area (Å²) in [5, 5.41) is 11.5. The Morgan fingerprint density at radius 3 is 2.10 bits per heavy atom. The molecule has 2 aromatic carbocycles. The van der Waals surface area contributed by atoms with Gasteiger partial charge in [0.15, 0.2) is 0 Å². The van der Waals surface area contributed by atoms with Crippen LogP contribution in [0.25, 0.3) is 0 Å². The number of benzene rings is 2. The molecule has 0 aromatic heterocycles. The molecule has 1 atom stereocenters. The average Bonchev–Trinajstić information content (AvgIpc) is 2.45. The Labute approximate surface area is 131 Å². The van der Waals surface area contributed by atoms with Gasteiger partial charge in [-0.1, -0.05) is 23.7 Å². The van der Waals surface area contributed by atoms with E-state index in [0.29, 0.717) is 10.8 Å². The van der Waals surface area contributed by atoms with Crippen LogP contribution in [0.1, 0.15) is 39.5 Å². The van der Waals surface area contributed by atoms with Crippen molar-refractivity contribution in [2.24, 2.45) is 0 Å². The normalized spacial score (nSPS) is 12.3. The van der Waals surface area contributed by atoms with Crippen LogP contribution >= 0.6 is 11.6 Å². The molecule has 0 aliphatic carbocycles. The van der Waals surface area contributed by atoms with Crippen molar-refractivity contribution in [3.8, 4) is 5.75 Å². The van der Waals surface area contributed by atoms with Crippen molar-refractivity contribution in [1.29, 1.82) is 0 Å². The van der Waals surface area contributed by atoms with Crippen molar-refractivity contribution < 1.29 is 9.84 Å². The third-order valence-electron chi connectivity index (χ3n) is 4.19. The molecule has 0 heterocycles. The lowest BCUT2D eigenvalue weighted by molar-refractivity contribution is 0.213. The lowest BCUT2D eigenvalue weighted by atomic mass is 9.88. The Morgan fingerprint density at radius 1 is 1.00 bits per heavy atom. The number of hydrogen-bond acceptors (Lipinski definition) is 2. The van der Waals surface area contributed by atoms with E-state index in [4.69, 9.17) is 16.3 Å². The first kappa shape index (κ1) is 15.9. The fourth-order valence-electron chi connectivity index (χ4n) is 2.72. The number of hydrogen-bond donors (Lipinski definition) is 1. The van der Waals surface area contributed by atoms with Crippen LogP contribution < -0.4 is 4.74 Å². The van der Waals surface area contributed by atoms with E-state index in [2.05, 4.69) is 19.9 Å². The first-order valence-electron chi connectivity index (χ1n) is 6.95. The molecule has 0 saturated carbocycles. The average molecular weight is 305 g/mol. The molecule has 3 heteroatoms. The summed E-state index contributed by atoms with van der Waals surface area (Å²) in [5.74, 6) is 0.605. The molecule has 2 rings (SSSR count). The second-order valence-electron chi connectivity index (χ2n) is 5.46. The van der Waals surface area contributed by atoms with E-state index < -0.39 is 6.10 Å². The second kappa shape index (κ2) is 6.08. The molecule has 0 bridgehead atoms. The third kappa shape index (κ3) is 2.92. The van der Waals surface area contributed by atoms with Gasteiger partial charge in [0.1, 0.15) is 11.9 Å². The summed E-state index contributed by atoms with van der Waals surface area (Å²) in [5.41, 5.74) is 6.27. The number of rotatable bonds is 3. The highest BCUT2D eigenvalue weighted by atomic mass is 35.5. The molecule has 0 amide bonds. The van der Waals surface area contributed by atoms with Crippen LogP contribution in [-0.4, -0.2) is 12.2 Å². The van der Waals surface area contributed by atoms with Crippen molar-refractivity contribution in [2.75, 3.05) is 7.11 Å². The standard InChI is InChI=1S/C18H21ClO2/c1-10-8-11(2)13(4)17(12(10)3)18(20)15-7-6-14(19)9-16(15)21-5/h6-9,18,20H,1-5H3. The van der Waals surface area contributed by atoms with Crippen LogP contribution in [-0.2, 0) is 0 Å². The van der Waals surface area contributed by atoms with Crippen molar-refractivity contribution >= 4 is 11.6 Å². The van der Waals surface area contributed by atoms with E-state index in [0.717, 1.165) is 22.3 Å². The maximum Gasteiger partial charge on any atom is 0.126 e. The van der Waals surface area contributed by atoms with Gasteiger partial charge in [-0.25, -0.2) is 0 Å². The molecule has 2 aromatic rings. The van der Waals surface area contributed by atoms with Gasteiger partial charge in [0.2, 0.25) is 0 Å². The molecule has 21 heavy (non-hydrogen) atoms. The summed E-state index contributed by atoms with van der Waals surface area (Å²) in [6.07, 6.45) is -0.726. The Kier molecular flexibility index (Phi) is 4.60. The van der Waals surface area contributed by atoms with E-state index in [1.54, 1.807) is 19.2 Å². The molecule has 0 spiro atoms. The minimum atomic E-state index is -0.726. The highest BCUT2D eigenvalue weighted by Gasteiger charge is 2.21. The number of methoxy groups -OCH3 is 1. The minimum Gasteiger partial charge on any atom is -0.496 e. The molecule has 1 N–H and O–H groups in total. The van der Waals surface area contributed by atoms with Crippen molar-refractivity contribution in [2.45, 2.75) is 33.8 Å². The fraction of sp³-hybridized carbons (Fsp3) is 0.333. The van der Waals surface area contributed by atoms with Crippen LogP contribution in [0, 0.1) is 27.7 Å². The van der Waals surface area contributed by atoms with Crippen LogP contribution in [0.3, 0.4) is 0 Å². The Bertz CT molecular complexity index is 651. The summed E-state index contributed by atoms with van der Waals surface area (Å²) in [7, 11) is 1.59. The summed E-state index contributed by atoms with van der Waals surface area (Å²) in [6.45, 7) is 8.22. The number of aryl methyl sites for hydroxylation is 2. The number of ether oxygens (including phenoxy) is 1. The quantitative estimate of drug-likeness (QED) is 0.893. The maximum atomic E-state index is 10.9. The molecular weight excluding hydrogens is 284 g/mol. The highest BCUT2D eigenvalue weighted by Crippen LogP contribution is 2.36. The maximum absolute atomic E-state index is 10.9. The summed E-state index contributed by atoms with van der Waals surface area (Å²) in [6, 6.07) is 7.48. The van der Waals surface area contributed by atoms with E-state index >= 15 is 0 Å². The molecule has 0 fully saturated rings. The van der Waals surface area contributed by atoms with E-state index in [1.807, 2.05) is 19.9 Å². The van der Waals surface area contributed by atoms with Gasteiger partial charge >= 0.3 is 0 Å². The minimum absolute atomic E-state index is 0.594. The van der Waals surface area contributed by atoms with Crippen LogP contribution in [0.5, 0.6) is 5.75 Å². The van der Waals surface area contributed by atoms with Crippen molar-refractivity contribution in [3.63, 3.8) is 0 Å². The van der Waals surface area contributed by atoms with Crippen molar-refractivity contribution in [1.82, 2.24) is 0 Å². The van der Waals surface area contributed by atoms with E-state index in [9.17, 15) is 5.11 Å². The zero-order chi connectivity index (χ0) is 15.7. The Morgan fingerprint density at radius 2 is 1.57 bits per heavy atom. The zero-order valence-corrected chi connectivity index (χ0v) is 13.9. The SMILES string of the molecule is COc1cc(Cl)ccc1C(O)c1c(C)c(C)cc(C)c1C. The first-order valence-corrected chi connectivity index (χ1v) is 7.33. The molecular formula is C18H21ClO2. The smallest absolute Gasteiger partial charge is 0.126 e. The van der Waals surface area contributed by atoms with Crippen LogP contribution in [0.2, 0.25) is 5.02 Å². The summed E-state index contributed by atoms with van der Waals surface area (Å²) in [4.78, 5) is 0. The molecule has 2 nitrogen and oxygen atoms in total. The number of aliphatic hydroxyl groups excluding tert-OH is 1. The molecule has 112 valence electrons. The van der Waals surface area contributed by atoms with Crippen molar-refractivity contribution in [3.05, 3.63) is 62.7 Å². The molecule has 1 unspecified atom stereocenters. The lowest BCUT2D eigenvalue weighted by Gasteiger charge is -2.22. The van der Waals surface area contributed by atoms with Gasteiger partial charge in [-0.3, -0.25) is 0 Å². The molecule has 0 aliphatic rings. The number of aliphatic hydroxyl groups is 1. The monoisotopic (exact) mass is 304 g/mol. The van der Waals surface area contributed by atoms with Gasteiger partial charge in [-0.2, -0.15) is 0 Å². The van der Waals surface area contributed by atoms with Gasteiger partial charge < -0.3 is 9.84 Å². The van der Waals surface area contributed by atoms with Gasteiger partial charge in [-0.05, 0) is 67.6 Å². The summed E-state index contributed by atoms with van der Waals surface area (Å²) < 4.78 is 5.36. The van der Waals surface area contributed by atoms with Gasteiger partial charge in [0.05, 0.1) is 7.11 Å². The Balaban J connectivity index is 2.63. The predicted octanol–water partition coefficient (Wildman–Crippen LogP) is 4.66. The zero-order valence-electron chi connectivity index (χ0n) is 13.1. The molecule has 0 saturated heterocycles.